The van der Waals surface area contributed by atoms with Crippen molar-refractivity contribution >= 4 is 51.0 Å². The van der Waals surface area contributed by atoms with Crippen molar-refractivity contribution in [2.45, 2.75) is 114 Å². The van der Waals surface area contributed by atoms with Crippen LogP contribution < -0.4 is 15.4 Å². The van der Waals surface area contributed by atoms with Gasteiger partial charge >= 0.3 is 0 Å². The van der Waals surface area contributed by atoms with Crippen molar-refractivity contribution in [1.82, 2.24) is 20.3 Å². The number of nitrogens with zero attached hydrogens (tertiary/aromatic N) is 2. The second kappa shape index (κ2) is 13.9. The summed E-state index contributed by atoms with van der Waals surface area (Å²) in [5, 5.41) is 10.3. The van der Waals surface area contributed by atoms with Crippen molar-refractivity contribution in [3.8, 4) is 0 Å². The quantitative estimate of drug-likeness (QED) is 0.292. The summed E-state index contributed by atoms with van der Waals surface area (Å²) in [6.45, 7) is 9.46. The number of hydrogen-bond donors (Lipinski definition) is 3. The van der Waals surface area contributed by atoms with E-state index < -0.39 is 74.0 Å². The number of oxime groups is 1. The van der Waals surface area contributed by atoms with Gasteiger partial charge in [0.25, 0.3) is 0 Å². The number of carbonyl (C=O) groups is 4. The third kappa shape index (κ3) is 7.88. The zero-order chi connectivity index (χ0) is 36.0. The minimum absolute atomic E-state index is 0.0433. The number of likely N-dealkylation sites (tertiary alicyclic amines) is 1. The van der Waals surface area contributed by atoms with E-state index in [4.69, 9.17) is 16.4 Å². The Hall–Kier alpha value is -3.45. The Morgan fingerprint density at radius 3 is 2.48 bits per heavy atom. The van der Waals surface area contributed by atoms with Crippen LogP contribution in [0.15, 0.2) is 42.1 Å². The molecule has 3 saturated carbocycles. The summed E-state index contributed by atoms with van der Waals surface area (Å²) in [7, 11) is -3.77. The van der Waals surface area contributed by atoms with Crippen molar-refractivity contribution in [2.75, 3.05) is 6.54 Å². The molecule has 14 heteroatoms. The Kier molecular flexibility index (Phi) is 10.1. The molecule has 6 rings (SSSR count). The van der Waals surface area contributed by atoms with E-state index in [1.54, 1.807) is 12.1 Å². The normalized spacial score (nSPS) is 28.7. The molecule has 12 nitrogen and oxygen atoms in total. The van der Waals surface area contributed by atoms with Crippen LogP contribution in [-0.4, -0.2) is 78.2 Å². The van der Waals surface area contributed by atoms with Gasteiger partial charge in [-0.15, -0.1) is 6.58 Å². The van der Waals surface area contributed by atoms with Gasteiger partial charge in [0.2, 0.25) is 33.7 Å². The fourth-order valence-corrected chi connectivity index (χ4v) is 9.25. The minimum Gasteiger partial charge on any atom is -0.387 e. The first-order valence-electron chi connectivity index (χ1n) is 17.7. The van der Waals surface area contributed by atoms with E-state index in [0.717, 1.165) is 31.2 Å². The molecule has 0 aromatic heterocycles. The summed E-state index contributed by atoms with van der Waals surface area (Å²) in [6, 6.07) is 4.58. The molecule has 1 saturated heterocycles. The molecule has 3 N–H and O–H groups in total. The van der Waals surface area contributed by atoms with Gasteiger partial charge in [0.15, 0.2) is 5.60 Å². The molecule has 3 aliphatic carbocycles. The topological polar surface area (TPSA) is 163 Å². The molecule has 1 aromatic carbocycles. The molecule has 1 aromatic rings. The van der Waals surface area contributed by atoms with E-state index in [-0.39, 0.29) is 24.8 Å². The maximum Gasteiger partial charge on any atom is 0.246 e. The standard InChI is InChI=1S/C36H48ClN5O7S/c1-5-25-29(33(45)41-50(47,48)24-14-15-24)30(25)39-32(44)27-19-36(18-26(40-49-36)22-12-9-13-23(37)17-22)20-42(27)34(46)31(35(2,3)4)38-28(43)16-21-10-7-6-8-11-21/h5,9,12-13,17,21,24-25,27,29-31H,1,6-8,10-11,14-16,18-20H2,2-4H3,(H,38,43)(H,39,44)(H,41,45)/t25-,27+,29+,30+,31-,36-/m1/s1. The number of halogens is 1. The molecule has 2 heterocycles. The lowest BCUT2D eigenvalue weighted by Gasteiger charge is -2.36. The van der Waals surface area contributed by atoms with Crippen LogP contribution >= 0.6 is 11.6 Å². The molecule has 5 aliphatic rings. The fraction of sp³-hybridized carbons (Fsp3) is 0.639. The predicted octanol–water partition coefficient (Wildman–Crippen LogP) is 3.83. The minimum atomic E-state index is -3.77. The molecule has 0 bridgehead atoms. The van der Waals surface area contributed by atoms with Crippen molar-refractivity contribution < 1.29 is 32.4 Å². The van der Waals surface area contributed by atoms with Gasteiger partial charge in [0, 0.05) is 41.8 Å². The largest absolute Gasteiger partial charge is 0.387 e. The average molecular weight is 730 g/mol. The smallest absolute Gasteiger partial charge is 0.246 e. The van der Waals surface area contributed by atoms with E-state index in [9.17, 15) is 27.6 Å². The number of nitrogens with one attached hydrogen (secondary N) is 3. The van der Waals surface area contributed by atoms with Crippen LogP contribution in [0.5, 0.6) is 0 Å². The van der Waals surface area contributed by atoms with Gasteiger partial charge in [0.05, 0.1) is 23.4 Å². The van der Waals surface area contributed by atoms with E-state index in [1.165, 1.54) is 17.4 Å². The molecule has 272 valence electrons. The number of sulfonamides is 1. The zero-order valence-electron chi connectivity index (χ0n) is 29.0. The number of amides is 4. The first kappa shape index (κ1) is 36.3. The molecular weight excluding hydrogens is 682 g/mol. The number of carbonyl (C=O) groups excluding carboxylic acids is 4. The highest BCUT2D eigenvalue weighted by Gasteiger charge is 2.59. The second-order valence-electron chi connectivity index (χ2n) is 15.8. The first-order chi connectivity index (χ1) is 23.6. The Morgan fingerprint density at radius 2 is 1.84 bits per heavy atom. The number of hydrogen-bond acceptors (Lipinski definition) is 8. The molecule has 50 heavy (non-hydrogen) atoms. The molecule has 4 amide bonds. The summed E-state index contributed by atoms with van der Waals surface area (Å²) in [5.41, 5.74) is -0.294. The van der Waals surface area contributed by atoms with Gasteiger partial charge in [-0.2, -0.15) is 0 Å². The lowest BCUT2D eigenvalue weighted by molar-refractivity contribution is -0.144. The van der Waals surface area contributed by atoms with Gasteiger partial charge in [-0.3, -0.25) is 23.9 Å². The Morgan fingerprint density at radius 1 is 1.12 bits per heavy atom. The lowest BCUT2D eigenvalue weighted by atomic mass is 9.84. The Balaban J connectivity index is 1.22. The predicted molar refractivity (Wildman–Crippen MR) is 188 cm³/mol. The lowest BCUT2D eigenvalue weighted by Crippen LogP contribution is -2.58. The molecule has 0 unspecified atom stereocenters. The van der Waals surface area contributed by atoms with Crippen molar-refractivity contribution in [1.29, 1.82) is 0 Å². The summed E-state index contributed by atoms with van der Waals surface area (Å²) < 4.78 is 27.1. The maximum absolute atomic E-state index is 14.6. The summed E-state index contributed by atoms with van der Waals surface area (Å²) in [5.74, 6) is -2.80. The summed E-state index contributed by atoms with van der Waals surface area (Å²) in [4.78, 5) is 62.6. The first-order valence-corrected chi connectivity index (χ1v) is 19.6. The third-order valence-electron chi connectivity index (χ3n) is 10.8. The highest BCUT2D eigenvalue weighted by molar-refractivity contribution is 7.90. The van der Waals surface area contributed by atoms with E-state index in [0.29, 0.717) is 36.4 Å². The Labute approximate surface area is 299 Å². The summed E-state index contributed by atoms with van der Waals surface area (Å²) in [6.07, 6.45) is 8.66. The molecule has 4 fully saturated rings. The number of rotatable bonds is 11. The second-order valence-corrected chi connectivity index (χ2v) is 18.2. The molecule has 6 atom stereocenters. The van der Waals surface area contributed by atoms with E-state index in [2.05, 4.69) is 27.1 Å². The van der Waals surface area contributed by atoms with Crippen molar-refractivity contribution in [3.63, 3.8) is 0 Å². The highest BCUT2D eigenvalue weighted by atomic mass is 35.5. The Bertz CT molecular complexity index is 1680. The van der Waals surface area contributed by atoms with Gasteiger partial charge in [0.1, 0.15) is 12.1 Å². The zero-order valence-corrected chi connectivity index (χ0v) is 30.5. The number of benzene rings is 1. The summed E-state index contributed by atoms with van der Waals surface area (Å²) >= 11 is 6.25. The molecular formula is C36H48ClN5O7S. The molecule has 2 aliphatic heterocycles. The van der Waals surface area contributed by atoms with Crippen LogP contribution in [0.1, 0.15) is 90.5 Å². The molecule has 1 spiro atoms. The fourth-order valence-electron chi connectivity index (χ4n) is 7.72. The van der Waals surface area contributed by atoms with E-state index >= 15 is 0 Å². The van der Waals surface area contributed by atoms with Crippen molar-refractivity contribution in [3.05, 3.63) is 47.5 Å². The van der Waals surface area contributed by atoms with Crippen molar-refractivity contribution in [2.24, 2.45) is 28.3 Å². The highest BCUT2D eigenvalue weighted by Crippen LogP contribution is 2.43. The third-order valence-corrected chi connectivity index (χ3v) is 12.8. The average Bonchev–Trinajstić information content (AvgIpc) is 3.96. The van der Waals surface area contributed by atoms with Gasteiger partial charge in [-0.05, 0) is 49.1 Å². The van der Waals surface area contributed by atoms with Crippen LogP contribution in [0.25, 0.3) is 0 Å². The maximum atomic E-state index is 14.6. The van der Waals surface area contributed by atoms with Crippen LogP contribution in [-0.2, 0) is 34.0 Å². The SMILES string of the molecule is C=C[C@H]1[C@H](NC(=O)[C@@H]2C[C@]3(CC(c4cccc(Cl)c4)=NO3)CN2C(=O)[C@@H](NC(=O)CC2CCCCC2)C(C)(C)C)[C@H]1C(=O)NS(=O)(=O)C1CC1. The van der Waals surface area contributed by atoms with Gasteiger partial charge in [-0.25, -0.2) is 8.42 Å². The van der Waals surface area contributed by atoms with Crippen LogP contribution in [0.4, 0.5) is 0 Å². The van der Waals surface area contributed by atoms with Gasteiger partial charge < -0.3 is 20.4 Å². The van der Waals surface area contributed by atoms with Crippen LogP contribution in [0.3, 0.4) is 0 Å². The van der Waals surface area contributed by atoms with E-state index in [1.807, 2.05) is 32.9 Å². The van der Waals surface area contributed by atoms with Crippen LogP contribution in [0, 0.1) is 23.2 Å². The molecule has 0 radical (unpaired) electrons. The monoisotopic (exact) mass is 729 g/mol. The van der Waals surface area contributed by atoms with Gasteiger partial charge in [-0.1, -0.05) is 75.0 Å². The van der Waals surface area contributed by atoms with Crippen LogP contribution in [0.2, 0.25) is 5.02 Å².